The quantitative estimate of drug-likeness (QED) is 0.571. The first-order chi connectivity index (χ1) is 11.7. The van der Waals surface area contributed by atoms with E-state index in [-0.39, 0.29) is 5.25 Å². The van der Waals surface area contributed by atoms with Crippen molar-refractivity contribution in [3.63, 3.8) is 0 Å². The third-order valence-corrected chi connectivity index (χ3v) is 5.98. The van der Waals surface area contributed by atoms with Gasteiger partial charge in [0.1, 0.15) is 11.6 Å². The van der Waals surface area contributed by atoms with Gasteiger partial charge >= 0.3 is 0 Å². The van der Waals surface area contributed by atoms with Crippen LogP contribution in [0.25, 0.3) is 0 Å². The first-order valence-corrected chi connectivity index (χ1v) is 9.66. The second-order valence-electron chi connectivity index (χ2n) is 5.55. The molecule has 3 aromatic rings. The molecule has 0 spiro atoms. The van der Waals surface area contributed by atoms with Gasteiger partial charge in [0, 0.05) is 16.7 Å². The first kappa shape index (κ1) is 17.0. The number of hydrogen-bond donors (Lipinski definition) is 0. The molecule has 0 N–H and O–H groups in total. The third kappa shape index (κ3) is 3.99. The topological polar surface area (TPSA) is 39.9 Å². The second kappa shape index (κ2) is 7.85. The van der Waals surface area contributed by atoms with Crippen molar-refractivity contribution >= 4 is 23.1 Å². The van der Waals surface area contributed by atoms with Crippen LogP contribution in [0.3, 0.4) is 0 Å². The van der Waals surface area contributed by atoms with Gasteiger partial charge in [-0.3, -0.25) is 0 Å². The zero-order chi connectivity index (χ0) is 16.9. The van der Waals surface area contributed by atoms with E-state index in [4.69, 9.17) is 4.74 Å². The molecule has 2 heterocycles. The van der Waals surface area contributed by atoms with Gasteiger partial charge in [-0.2, -0.15) is 0 Å². The third-order valence-electron chi connectivity index (χ3n) is 3.91. The lowest BCUT2D eigenvalue weighted by Crippen LogP contribution is -2.05. The molecular formula is C18H21N3OS2. The zero-order valence-electron chi connectivity index (χ0n) is 14.1. The molecule has 0 aliphatic carbocycles. The van der Waals surface area contributed by atoms with E-state index < -0.39 is 0 Å². The fourth-order valence-corrected chi connectivity index (χ4v) is 4.24. The summed E-state index contributed by atoms with van der Waals surface area (Å²) in [7, 11) is 1.70. The minimum absolute atomic E-state index is 0.282. The van der Waals surface area contributed by atoms with Crippen LogP contribution in [0.2, 0.25) is 0 Å². The molecule has 0 saturated carbocycles. The van der Waals surface area contributed by atoms with Crippen LogP contribution in [-0.4, -0.2) is 21.9 Å². The number of hydrogen-bond acceptors (Lipinski definition) is 5. The molecule has 0 aliphatic heterocycles. The summed E-state index contributed by atoms with van der Waals surface area (Å²) in [4.78, 5) is 1.39. The van der Waals surface area contributed by atoms with Crippen LogP contribution in [0, 0.1) is 6.92 Å². The Morgan fingerprint density at radius 2 is 2.12 bits per heavy atom. The summed E-state index contributed by atoms with van der Waals surface area (Å²) in [6.07, 6.45) is 1.01. The van der Waals surface area contributed by atoms with Gasteiger partial charge < -0.3 is 9.30 Å². The molecule has 24 heavy (non-hydrogen) atoms. The van der Waals surface area contributed by atoms with Crippen molar-refractivity contribution in [1.82, 2.24) is 14.8 Å². The molecule has 126 valence electrons. The summed E-state index contributed by atoms with van der Waals surface area (Å²) in [5, 5.41) is 12.0. The first-order valence-electron chi connectivity index (χ1n) is 7.90. The Kier molecular flexibility index (Phi) is 5.58. The van der Waals surface area contributed by atoms with E-state index in [2.05, 4.69) is 51.3 Å². The molecule has 0 fully saturated rings. The average molecular weight is 360 g/mol. The molecule has 1 aromatic carbocycles. The van der Waals surface area contributed by atoms with Crippen molar-refractivity contribution in [2.24, 2.45) is 0 Å². The summed E-state index contributed by atoms with van der Waals surface area (Å²) in [5.74, 6) is 1.85. The van der Waals surface area contributed by atoms with E-state index in [0.717, 1.165) is 29.7 Å². The normalized spacial score (nSPS) is 12.3. The van der Waals surface area contributed by atoms with Crippen molar-refractivity contribution in [2.75, 3.05) is 7.11 Å². The van der Waals surface area contributed by atoms with Crippen molar-refractivity contribution in [3.8, 4) is 5.75 Å². The van der Waals surface area contributed by atoms with Crippen LogP contribution in [0.1, 0.15) is 28.4 Å². The van der Waals surface area contributed by atoms with Crippen LogP contribution in [0.15, 0.2) is 46.9 Å². The molecule has 6 heteroatoms. The van der Waals surface area contributed by atoms with Crippen LogP contribution >= 0.6 is 23.1 Å². The lowest BCUT2D eigenvalue weighted by atomic mass is 10.1. The lowest BCUT2D eigenvalue weighted by Gasteiger charge is -2.13. The zero-order valence-corrected chi connectivity index (χ0v) is 15.7. The number of aromatic nitrogens is 3. The van der Waals surface area contributed by atoms with Gasteiger partial charge in [0.2, 0.25) is 0 Å². The Hall–Kier alpha value is -1.79. The smallest absolute Gasteiger partial charge is 0.191 e. The number of ether oxygens (including phenoxy) is 1. The van der Waals surface area contributed by atoms with Gasteiger partial charge in [-0.05, 0) is 49.4 Å². The molecule has 0 saturated heterocycles. The molecule has 3 rings (SSSR count). The highest BCUT2D eigenvalue weighted by atomic mass is 32.2. The number of thiophene rings is 1. The van der Waals surface area contributed by atoms with E-state index in [0.29, 0.717) is 0 Å². The fourth-order valence-electron chi connectivity index (χ4n) is 2.50. The fraction of sp³-hybridized carbons (Fsp3) is 0.333. The number of aryl methyl sites for hydroxylation is 2. The van der Waals surface area contributed by atoms with Crippen molar-refractivity contribution in [3.05, 3.63) is 58.0 Å². The number of thioether (sulfide) groups is 1. The molecule has 4 nitrogen and oxygen atoms in total. The molecule has 0 amide bonds. The summed E-state index contributed by atoms with van der Waals surface area (Å²) >= 11 is 3.53. The van der Waals surface area contributed by atoms with Crippen molar-refractivity contribution in [1.29, 1.82) is 0 Å². The number of rotatable bonds is 7. The Balaban J connectivity index is 1.72. The van der Waals surface area contributed by atoms with E-state index in [9.17, 15) is 0 Å². The summed E-state index contributed by atoms with van der Waals surface area (Å²) in [6.45, 7) is 5.11. The average Bonchev–Trinajstić information content (AvgIpc) is 3.23. The van der Waals surface area contributed by atoms with Gasteiger partial charge in [-0.1, -0.05) is 30.0 Å². The monoisotopic (exact) mass is 359 g/mol. The highest BCUT2D eigenvalue weighted by Crippen LogP contribution is 2.35. The maximum Gasteiger partial charge on any atom is 0.191 e. The molecule has 0 unspecified atom stereocenters. The summed E-state index contributed by atoms with van der Waals surface area (Å²) in [5.41, 5.74) is 1.23. The standard InChI is InChI=1S/C18H21N3OS2/c1-13(15-6-4-7-16(12-15)22-3)24-18-20-19-14(2)21(18)10-9-17-8-5-11-23-17/h4-8,11-13H,9-10H2,1-3H3/t13-/m1/s1. The minimum atomic E-state index is 0.282. The van der Waals surface area contributed by atoms with E-state index in [1.165, 1.54) is 10.4 Å². The van der Waals surface area contributed by atoms with E-state index >= 15 is 0 Å². The molecule has 1 atom stereocenters. The van der Waals surface area contributed by atoms with Crippen LogP contribution in [0.5, 0.6) is 5.75 Å². The van der Waals surface area contributed by atoms with Crippen LogP contribution in [0.4, 0.5) is 0 Å². The second-order valence-corrected chi connectivity index (χ2v) is 7.89. The van der Waals surface area contributed by atoms with Crippen molar-refractivity contribution in [2.45, 2.75) is 37.2 Å². The maximum atomic E-state index is 5.32. The molecule has 0 aliphatic rings. The number of benzene rings is 1. The number of methoxy groups -OCH3 is 1. The SMILES string of the molecule is COc1cccc([C@@H](C)Sc2nnc(C)n2CCc2cccs2)c1. The largest absolute Gasteiger partial charge is 0.497 e. The van der Waals surface area contributed by atoms with Gasteiger partial charge in [0.25, 0.3) is 0 Å². The Morgan fingerprint density at radius 1 is 1.25 bits per heavy atom. The maximum absolute atomic E-state index is 5.32. The molecule has 0 radical (unpaired) electrons. The van der Waals surface area contributed by atoms with Crippen LogP contribution in [-0.2, 0) is 13.0 Å². The molecular weight excluding hydrogens is 338 g/mol. The van der Waals surface area contributed by atoms with Gasteiger partial charge in [0.05, 0.1) is 7.11 Å². The van der Waals surface area contributed by atoms with Crippen LogP contribution < -0.4 is 4.74 Å². The predicted octanol–water partition coefficient (Wildman–Crippen LogP) is 4.75. The van der Waals surface area contributed by atoms with E-state index in [1.54, 1.807) is 30.2 Å². The lowest BCUT2D eigenvalue weighted by molar-refractivity contribution is 0.414. The predicted molar refractivity (Wildman–Crippen MR) is 100 cm³/mol. The summed E-state index contributed by atoms with van der Waals surface area (Å²) < 4.78 is 7.53. The molecule has 0 bridgehead atoms. The Morgan fingerprint density at radius 3 is 2.88 bits per heavy atom. The number of nitrogens with zero attached hydrogens (tertiary/aromatic N) is 3. The minimum Gasteiger partial charge on any atom is -0.497 e. The Labute approximate surface area is 150 Å². The Bertz CT molecular complexity index is 783. The van der Waals surface area contributed by atoms with Crippen molar-refractivity contribution < 1.29 is 4.74 Å². The van der Waals surface area contributed by atoms with Gasteiger partial charge in [-0.25, -0.2) is 0 Å². The van der Waals surface area contributed by atoms with E-state index in [1.807, 2.05) is 19.1 Å². The highest BCUT2D eigenvalue weighted by Gasteiger charge is 2.15. The summed E-state index contributed by atoms with van der Waals surface area (Å²) in [6, 6.07) is 12.5. The van der Waals surface area contributed by atoms with Gasteiger partial charge in [0.15, 0.2) is 5.16 Å². The molecule has 2 aromatic heterocycles. The highest BCUT2D eigenvalue weighted by molar-refractivity contribution is 7.99. The van der Waals surface area contributed by atoms with Gasteiger partial charge in [-0.15, -0.1) is 21.5 Å².